The number of aromatic nitrogens is 1. The molecule has 114 valence electrons. The highest BCUT2D eigenvalue weighted by Gasteiger charge is 2.32. The highest BCUT2D eigenvalue weighted by Crippen LogP contribution is 2.32. The van der Waals surface area contributed by atoms with Crippen molar-refractivity contribution in [1.29, 1.82) is 0 Å². The summed E-state index contributed by atoms with van der Waals surface area (Å²) in [4.78, 5) is 16.9. The van der Waals surface area contributed by atoms with Crippen molar-refractivity contribution in [2.75, 3.05) is 11.9 Å². The fourth-order valence-electron chi connectivity index (χ4n) is 3.61. The lowest BCUT2D eigenvalue weighted by Crippen LogP contribution is -2.30. The van der Waals surface area contributed by atoms with E-state index in [-0.39, 0.29) is 17.9 Å². The largest absolute Gasteiger partial charge is 0.330 e. The van der Waals surface area contributed by atoms with Crippen molar-refractivity contribution in [3.05, 3.63) is 23.5 Å². The number of nitrogens with one attached hydrogen (secondary N) is 1. The van der Waals surface area contributed by atoms with Crippen molar-refractivity contribution in [2.45, 2.75) is 44.6 Å². The number of carbonyl (C=O) groups excluding carboxylic acids is 1. The van der Waals surface area contributed by atoms with Gasteiger partial charge in [-0.1, -0.05) is 6.42 Å². The molecule has 21 heavy (non-hydrogen) atoms. The quantitative estimate of drug-likeness (QED) is 0.779. The standard InChI is InChI=1S/C16H24N4O/c17-8-10-2-1-3-14(10)16(21)20-13-7-11-6-12(18)4-5-15(11)19-9-13/h7,9-10,12,14H,1-6,8,17-18H2,(H,20,21)/t10-,12?,14-/m1/s1. The van der Waals surface area contributed by atoms with E-state index in [2.05, 4.69) is 10.3 Å². The molecule has 0 saturated heterocycles. The Balaban J connectivity index is 1.70. The van der Waals surface area contributed by atoms with Crippen LogP contribution in [0.2, 0.25) is 0 Å². The van der Waals surface area contributed by atoms with E-state index in [1.54, 1.807) is 6.20 Å². The van der Waals surface area contributed by atoms with Crippen LogP contribution in [0.3, 0.4) is 0 Å². The molecule has 0 aromatic carbocycles. The number of amides is 1. The van der Waals surface area contributed by atoms with E-state index in [1.165, 1.54) is 5.56 Å². The number of carbonyl (C=O) groups is 1. The molecule has 1 heterocycles. The molecule has 1 aromatic heterocycles. The summed E-state index contributed by atoms with van der Waals surface area (Å²) >= 11 is 0. The van der Waals surface area contributed by atoms with Gasteiger partial charge < -0.3 is 16.8 Å². The van der Waals surface area contributed by atoms with Crippen molar-refractivity contribution in [3.8, 4) is 0 Å². The van der Waals surface area contributed by atoms with Gasteiger partial charge in [0.25, 0.3) is 0 Å². The summed E-state index contributed by atoms with van der Waals surface area (Å²) in [6.07, 6.45) is 7.63. The molecule has 3 rings (SSSR count). The average molecular weight is 288 g/mol. The second kappa shape index (κ2) is 6.12. The number of anilines is 1. The number of pyridine rings is 1. The summed E-state index contributed by atoms with van der Waals surface area (Å²) in [5.74, 6) is 0.460. The molecule has 2 aliphatic carbocycles. The third-order valence-corrected chi connectivity index (χ3v) is 4.86. The maximum absolute atomic E-state index is 12.4. The van der Waals surface area contributed by atoms with Gasteiger partial charge in [-0.25, -0.2) is 0 Å². The average Bonchev–Trinajstić information content (AvgIpc) is 2.95. The zero-order valence-corrected chi connectivity index (χ0v) is 12.3. The molecular weight excluding hydrogens is 264 g/mol. The number of hydrogen-bond donors (Lipinski definition) is 3. The monoisotopic (exact) mass is 288 g/mol. The van der Waals surface area contributed by atoms with E-state index in [4.69, 9.17) is 11.5 Å². The summed E-state index contributed by atoms with van der Waals surface area (Å²) in [6, 6.07) is 2.24. The third kappa shape index (κ3) is 3.09. The first-order valence-electron chi connectivity index (χ1n) is 7.91. The first kappa shape index (κ1) is 14.5. The zero-order valence-electron chi connectivity index (χ0n) is 12.3. The Morgan fingerprint density at radius 2 is 2.24 bits per heavy atom. The first-order chi connectivity index (χ1) is 10.2. The molecule has 0 bridgehead atoms. The number of fused-ring (bicyclic) bond motifs is 1. The summed E-state index contributed by atoms with van der Waals surface area (Å²) in [5.41, 5.74) is 14.8. The van der Waals surface area contributed by atoms with Gasteiger partial charge in [-0.3, -0.25) is 9.78 Å². The van der Waals surface area contributed by atoms with E-state index in [1.807, 2.05) is 6.07 Å². The van der Waals surface area contributed by atoms with Crippen LogP contribution in [0.4, 0.5) is 5.69 Å². The molecule has 1 saturated carbocycles. The highest BCUT2D eigenvalue weighted by molar-refractivity contribution is 5.92. The molecule has 5 nitrogen and oxygen atoms in total. The summed E-state index contributed by atoms with van der Waals surface area (Å²) < 4.78 is 0. The maximum Gasteiger partial charge on any atom is 0.227 e. The van der Waals surface area contributed by atoms with Crippen LogP contribution in [0.1, 0.15) is 36.9 Å². The smallest absolute Gasteiger partial charge is 0.227 e. The molecule has 0 spiro atoms. The van der Waals surface area contributed by atoms with E-state index in [0.29, 0.717) is 12.5 Å². The second-order valence-electron chi connectivity index (χ2n) is 6.36. The van der Waals surface area contributed by atoms with Crippen LogP contribution in [-0.2, 0) is 17.6 Å². The van der Waals surface area contributed by atoms with Crippen LogP contribution in [-0.4, -0.2) is 23.5 Å². The van der Waals surface area contributed by atoms with Crippen LogP contribution in [0.15, 0.2) is 12.3 Å². The molecule has 5 heteroatoms. The van der Waals surface area contributed by atoms with Crippen LogP contribution in [0, 0.1) is 11.8 Å². The van der Waals surface area contributed by atoms with Crippen LogP contribution < -0.4 is 16.8 Å². The van der Waals surface area contributed by atoms with E-state index >= 15 is 0 Å². The van der Waals surface area contributed by atoms with Gasteiger partial charge in [0, 0.05) is 17.7 Å². The van der Waals surface area contributed by atoms with Gasteiger partial charge >= 0.3 is 0 Å². The Bertz CT molecular complexity index is 531. The van der Waals surface area contributed by atoms with Gasteiger partial charge in [0.2, 0.25) is 5.91 Å². The van der Waals surface area contributed by atoms with Crippen molar-refractivity contribution >= 4 is 11.6 Å². The molecule has 1 unspecified atom stereocenters. The van der Waals surface area contributed by atoms with Crippen LogP contribution in [0.5, 0.6) is 0 Å². The normalized spacial score (nSPS) is 28.2. The molecule has 0 radical (unpaired) electrons. The Kier molecular flexibility index (Phi) is 4.22. The van der Waals surface area contributed by atoms with Crippen molar-refractivity contribution in [1.82, 2.24) is 4.98 Å². The Morgan fingerprint density at radius 3 is 3.05 bits per heavy atom. The summed E-state index contributed by atoms with van der Waals surface area (Å²) in [7, 11) is 0. The zero-order chi connectivity index (χ0) is 14.8. The van der Waals surface area contributed by atoms with E-state index in [0.717, 1.165) is 49.9 Å². The third-order valence-electron chi connectivity index (χ3n) is 4.86. The van der Waals surface area contributed by atoms with Gasteiger partial charge in [-0.15, -0.1) is 0 Å². The van der Waals surface area contributed by atoms with Crippen molar-refractivity contribution in [3.63, 3.8) is 0 Å². The van der Waals surface area contributed by atoms with Gasteiger partial charge in [0.15, 0.2) is 0 Å². The molecule has 1 fully saturated rings. The van der Waals surface area contributed by atoms with Crippen molar-refractivity contribution in [2.24, 2.45) is 23.3 Å². The molecular formula is C16H24N4O. The topological polar surface area (TPSA) is 94.0 Å². The minimum absolute atomic E-state index is 0.0493. The minimum Gasteiger partial charge on any atom is -0.330 e. The van der Waals surface area contributed by atoms with Gasteiger partial charge in [-0.05, 0) is 56.2 Å². The maximum atomic E-state index is 12.4. The number of nitrogens with zero attached hydrogens (tertiary/aromatic N) is 1. The molecule has 2 aliphatic rings. The lowest BCUT2D eigenvalue weighted by atomic mass is 9.92. The van der Waals surface area contributed by atoms with Gasteiger partial charge in [-0.2, -0.15) is 0 Å². The first-order valence-corrected chi connectivity index (χ1v) is 7.91. The molecule has 1 amide bonds. The van der Waals surface area contributed by atoms with E-state index in [9.17, 15) is 4.79 Å². The van der Waals surface area contributed by atoms with E-state index < -0.39 is 0 Å². The fraction of sp³-hybridized carbons (Fsp3) is 0.625. The fourth-order valence-corrected chi connectivity index (χ4v) is 3.61. The lowest BCUT2D eigenvalue weighted by Gasteiger charge is -2.22. The van der Waals surface area contributed by atoms with Gasteiger partial charge in [0.05, 0.1) is 11.9 Å². The van der Waals surface area contributed by atoms with Gasteiger partial charge in [0.1, 0.15) is 0 Å². The minimum atomic E-state index is 0.0493. The molecule has 1 aromatic rings. The number of rotatable bonds is 3. The molecule has 3 atom stereocenters. The SMILES string of the molecule is NC[C@H]1CCC[C@H]1C(=O)Nc1cnc2c(c1)CC(N)CC2. The number of hydrogen-bond acceptors (Lipinski definition) is 4. The Hall–Kier alpha value is -1.46. The highest BCUT2D eigenvalue weighted by atomic mass is 16.1. The Labute approximate surface area is 125 Å². The predicted octanol–water partition coefficient (Wildman–Crippen LogP) is 1.21. The number of nitrogens with two attached hydrogens (primary N) is 2. The van der Waals surface area contributed by atoms with Crippen LogP contribution >= 0.6 is 0 Å². The van der Waals surface area contributed by atoms with Crippen LogP contribution in [0.25, 0.3) is 0 Å². The second-order valence-corrected chi connectivity index (χ2v) is 6.36. The summed E-state index contributed by atoms with van der Waals surface area (Å²) in [5, 5.41) is 3.02. The lowest BCUT2D eigenvalue weighted by molar-refractivity contribution is -0.120. The molecule has 5 N–H and O–H groups in total. The molecule has 0 aliphatic heterocycles. The van der Waals surface area contributed by atoms with Crippen molar-refractivity contribution < 1.29 is 4.79 Å². The number of aryl methyl sites for hydroxylation is 1. The Morgan fingerprint density at radius 1 is 1.38 bits per heavy atom. The summed E-state index contributed by atoms with van der Waals surface area (Å²) in [6.45, 7) is 0.593. The predicted molar refractivity (Wildman–Crippen MR) is 82.8 cm³/mol.